The first-order chi connectivity index (χ1) is 10.1. The second kappa shape index (κ2) is 7.03. The molecule has 112 valence electrons. The number of imidazole rings is 1. The molecule has 6 nitrogen and oxygen atoms in total. The van der Waals surface area contributed by atoms with Gasteiger partial charge in [-0.05, 0) is 11.4 Å². The first-order valence-corrected chi connectivity index (χ1v) is 7.47. The summed E-state index contributed by atoms with van der Waals surface area (Å²) in [6, 6.07) is 3.55. The SMILES string of the molecule is CC(=O)NC(CC(=O)N(C)Cc1ncc[nH]1)c1cccs1. The zero-order valence-electron chi connectivity index (χ0n) is 12.0. The first kappa shape index (κ1) is 15.2. The van der Waals surface area contributed by atoms with Crippen LogP contribution in [0.2, 0.25) is 0 Å². The third-order valence-corrected chi connectivity index (χ3v) is 4.00. The van der Waals surface area contributed by atoms with Gasteiger partial charge in [-0.1, -0.05) is 6.07 Å². The standard InChI is InChI=1S/C14H18N4O2S/c1-10(19)17-11(12-4-3-7-21-12)8-14(20)18(2)9-13-15-5-6-16-13/h3-7,11H,8-9H2,1-2H3,(H,15,16)(H,17,19). The Morgan fingerprint density at radius 2 is 2.33 bits per heavy atom. The lowest BCUT2D eigenvalue weighted by atomic mass is 10.1. The molecule has 0 spiro atoms. The number of hydrogen-bond acceptors (Lipinski definition) is 4. The number of nitrogens with zero attached hydrogens (tertiary/aromatic N) is 2. The molecule has 0 bridgehead atoms. The van der Waals surface area contributed by atoms with E-state index in [0.29, 0.717) is 6.54 Å². The summed E-state index contributed by atoms with van der Waals surface area (Å²) in [4.78, 5) is 33.2. The fraction of sp³-hybridized carbons (Fsp3) is 0.357. The van der Waals surface area contributed by atoms with Gasteiger partial charge in [-0.2, -0.15) is 0 Å². The van der Waals surface area contributed by atoms with Gasteiger partial charge in [0.2, 0.25) is 11.8 Å². The first-order valence-electron chi connectivity index (χ1n) is 6.59. The number of amides is 2. The minimum absolute atomic E-state index is 0.0430. The highest BCUT2D eigenvalue weighted by Gasteiger charge is 2.20. The molecule has 2 aromatic rings. The Morgan fingerprint density at radius 3 is 2.90 bits per heavy atom. The summed E-state index contributed by atoms with van der Waals surface area (Å²) in [6.45, 7) is 1.88. The van der Waals surface area contributed by atoms with E-state index < -0.39 is 0 Å². The Labute approximate surface area is 127 Å². The van der Waals surface area contributed by atoms with Gasteiger partial charge < -0.3 is 15.2 Å². The smallest absolute Gasteiger partial charge is 0.225 e. The van der Waals surface area contributed by atoms with Crippen LogP contribution in [0.1, 0.15) is 30.1 Å². The Hall–Kier alpha value is -2.15. The van der Waals surface area contributed by atoms with Crippen molar-refractivity contribution in [3.63, 3.8) is 0 Å². The number of aromatic nitrogens is 2. The van der Waals surface area contributed by atoms with E-state index in [0.717, 1.165) is 10.7 Å². The fourth-order valence-electron chi connectivity index (χ4n) is 1.99. The van der Waals surface area contributed by atoms with Crippen molar-refractivity contribution < 1.29 is 9.59 Å². The van der Waals surface area contributed by atoms with Crippen molar-refractivity contribution in [3.8, 4) is 0 Å². The third-order valence-electron chi connectivity index (χ3n) is 3.01. The molecule has 0 aliphatic rings. The van der Waals surface area contributed by atoms with Gasteiger partial charge in [0.25, 0.3) is 0 Å². The molecule has 1 atom stereocenters. The van der Waals surface area contributed by atoms with Gasteiger partial charge in [0, 0.05) is 31.2 Å². The molecular formula is C14H18N4O2S. The summed E-state index contributed by atoms with van der Waals surface area (Å²) in [6.07, 6.45) is 3.61. The normalized spacial score (nSPS) is 11.9. The summed E-state index contributed by atoms with van der Waals surface area (Å²) in [5, 5.41) is 4.76. The van der Waals surface area contributed by atoms with Crippen molar-refractivity contribution in [1.82, 2.24) is 20.2 Å². The molecule has 2 amide bonds. The number of thiophene rings is 1. The Balaban J connectivity index is 1.98. The predicted octanol–water partition coefficient (Wildman–Crippen LogP) is 1.70. The van der Waals surface area contributed by atoms with Gasteiger partial charge in [0.1, 0.15) is 5.82 Å². The molecule has 0 saturated carbocycles. The van der Waals surface area contributed by atoms with E-state index in [4.69, 9.17) is 0 Å². The molecule has 2 heterocycles. The quantitative estimate of drug-likeness (QED) is 0.852. The number of carbonyl (C=O) groups is 2. The van der Waals surface area contributed by atoms with Crippen LogP contribution >= 0.6 is 11.3 Å². The number of aromatic amines is 1. The van der Waals surface area contributed by atoms with Crippen LogP contribution in [0.5, 0.6) is 0 Å². The monoisotopic (exact) mass is 306 g/mol. The van der Waals surface area contributed by atoms with Gasteiger partial charge in [-0.25, -0.2) is 4.98 Å². The highest BCUT2D eigenvalue weighted by Crippen LogP contribution is 2.22. The van der Waals surface area contributed by atoms with E-state index in [1.54, 1.807) is 24.3 Å². The third kappa shape index (κ3) is 4.42. The molecule has 2 N–H and O–H groups in total. The molecule has 1 unspecified atom stereocenters. The van der Waals surface area contributed by atoms with E-state index in [1.807, 2.05) is 17.5 Å². The van der Waals surface area contributed by atoms with Gasteiger partial charge in [0.05, 0.1) is 19.0 Å². The van der Waals surface area contributed by atoms with Crippen LogP contribution < -0.4 is 5.32 Å². The van der Waals surface area contributed by atoms with Gasteiger partial charge in [-0.3, -0.25) is 9.59 Å². The lowest BCUT2D eigenvalue weighted by Gasteiger charge is -2.21. The highest BCUT2D eigenvalue weighted by atomic mass is 32.1. The largest absolute Gasteiger partial charge is 0.348 e. The van der Waals surface area contributed by atoms with Crippen molar-refractivity contribution in [1.29, 1.82) is 0 Å². The number of H-pyrrole nitrogens is 1. The van der Waals surface area contributed by atoms with E-state index in [-0.39, 0.29) is 24.3 Å². The van der Waals surface area contributed by atoms with Crippen molar-refractivity contribution in [3.05, 3.63) is 40.6 Å². The Morgan fingerprint density at radius 1 is 1.52 bits per heavy atom. The van der Waals surface area contributed by atoms with Gasteiger partial charge in [-0.15, -0.1) is 11.3 Å². The van der Waals surface area contributed by atoms with Gasteiger partial charge >= 0.3 is 0 Å². The molecule has 7 heteroatoms. The Kier molecular flexibility index (Phi) is 5.10. The van der Waals surface area contributed by atoms with Gasteiger partial charge in [0.15, 0.2) is 0 Å². The summed E-state index contributed by atoms with van der Waals surface area (Å²) in [5.74, 6) is 0.548. The van der Waals surface area contributed by atoms with Crippen molar-refractivity contribution in [2.75, 3.05) is 7.05 Å². The second-order valence-electron chi connectivity index (χ2n) is 4.76. The summed E-state index contributed by atoms with van der Waals surface area (Å²) >= 11 is 1.53. The van der Waals surface area contributed by atoms with E-state index in [2.05, 4.69) is 15.3 Å². The van der Waals surface area contributed by atoms with Crippen LogP contribution in [-0.2, 0) is 16.1 Å². The minimum atomic E-state index is -0.283. The van der Waals surface area contributed by atoms with E-state index in [9.17, 15) is 9.59 Å². The predicted molar refractivity (Wildman–Crippen MR) is 80.6 cm³/mol. The van der Waals surface area contributed by atoms with Crippen molar-refractivity contribution >= 4 is 23.2 Å². The zero-order valence-corrected chi connectivity index (χ0v) is 12.8. The maximum absolute atomic E-state index is 12.3. The maximum atomic E-state index is 12.3. The van der Waals surface area contributed by atoms with Crippen LogP contribution in [0.15, 0.2) is 29.9 Å². The average Bonchev–Trinajstić information content (AvgIpc) is 3.10. The topological polar surface area (TPSA) is 78.1 Å². The Bertz CT molecular complexity index is 580. The van der Waals surface area contributed by atoms with E-state index >= 15 is 0 Å². The number of nitrogens with one attached hydrogen (secondary N) is 2. The van der Waals surface area contributed by atoms with Crippen LogP contribution in [0, 0.1) is 0 Å². The number of hydrogen-bond donors (Lipinski definition) is 2. The van der Waals surface area contributed by atoms with Crippen LogP contribution in [-0.4, -0.2) is 33.7 Å². The molecule has 2 aromatic heterocycles. The molecule has 0 aliphatic carbocycles. The van der Waals surface area contributed by atoms with Crippen molar-refractivity contribution in [2.45, 2.75) is 25.9 Å². The molecule has 2 rings (SSSR count). The molecule has 21 heavy (non-hydrogen) atoms. The highest BCUT2D eigenvalue weighted by molar-refractivity contribution is 7.10. The summed E-state index contributed by atoms with van der Waals surface area (Å²) in [5.41, 5.74) is 0. The summed E-state index contributed by atoms with van der Waals surface area (Å²) in [7, 11) is 1.73. The number of carbonyl (C=O) groups excluding carboxylic acids is 2. The van der Waals surface area contributed by atoms with Crippen molar-refractivity contribution in [2.24, 2.45) is 0 Å². The molecular weight excluding hydrogens is 288 g/mol. The second-order valence-corrected chi connectivity index (χ2v) is 5.74. The lowest BCUT2D eigenvalue weighted by molar-refractivity contribution is -0.131. The maximum Gasteiger partial charge on any atom is 0.225 e. The average molecular weight is 306 g/mol. The minimum Gasteiger partial charge on any atom is -0.348 e. The molecule has 0 saturated heterocycles. The molecule has 0 aliphatic heterocycles. The van der Waals surface area contributed by atoms with Crippen LogP contribution in [0.4, 0.5) is 0 Å². The summed E-state index contributed by atoms with van der Waals surface area (Å²) < 4.78 is 0. The molecule has 0 fully saturated rings. The number of rotatable bonds is 6. The van der Waals surface area contributed by atoms with Crippen LogP contribution in [0.3, 0.4) is 0 Å². The lowest BCUT2D eigenvalue weighted by Crippen LogP contribution is -2.33. The zero-order chi connectivity index (χ0) is 15.2. The fourth-order valence-corrected chi connectivity index (χ4v) is 2.76. The molecule has 0 aromatic carbocycles. The van der Waals surface area contributed by atoms with E-state index in [1.165, 1.54) is 18.3 Å². The molecule has 0 radical (unpaired) electrons. The van der Waals surface area contributed by atoms with Crippen LogP contribution in [0.25, 0.3) is 0 Å².